The molecule has 0 radical (unpaired) electrons. The van der Waals surface area contributed by atoms with Gasteiger partial charge in [0.1, 0.15) is 6.10 Å². The summed E-state index contributed by atoms with van der Waals surface area (Å²) < 4.78 is 47.3. The highest BCUT2D eigenvalue weighted by atomic mass is 19.4. The minimum atomic E-state index is -4.61. The van der Waals surface area contributed by atoms with Gasteiger partial charge in [0.2, 0.25) is 0 Å². The summed E-state index contributed by atoms with van der Waals surface area (Å²) >= 11 is 0. The van der Waals surface area contributed by atoms with Crippen molar-refractivity contribution in [3.05, 3.63) is 63.0 Å². The molecule has 4 nitrogen and oxygen atoms in total. The van der Waals surface area contributed by atoms with E-state index in [1.807, 2.05) is 0 Å². The van der Waals surface area contributed by atoms with Crippen molar-refractivity contribution in [2.75, 3.05) is 0 Å². The Hall–Kier alpha value is -2.43. The van der Waals surface area contributed by atoms with Crippen molar-refractivity contribution in [3.63, 3.8) is 0 Å². The lowest BCUT2D eigenvalue weighted by molar-refractivity contribution is -0.137. The number of halogens is 3. The fraction of sp³-hybridized carbons (Fsp3) is 0.586. The molecule has 1 saturated carbocycles. The van der Waals surface area contributed by atoms with Crippen LogP contribution in [-0.2, 0) is 22.9 Å². The number of ether oxygens (including phenoxy) is 1. The number of aliphatic hydroxyl groups excluding tert-OH is 1. The van der Waals surface area contributed by atoms with E-state index < -0.39 is 35.1 Å². The number of rotatable bonds is 3. The van der Waals surface area contributed by atoms with Gasteiger partial charge in [-0.15, -0.1) is 0 Å². The summed E-state index contributed by atoms with van der Waals surface area (Å²) in [7, 11) is 0. The first-order valence-electron chi connectivity index (χ1n) is 13.0. The van der Waals surface area contributed by atoms with Gasteiger partial charge >= 0.3 is 6.18 Å². The van der Waals surface area contributed by atoms with Crippen LogP contribution in [-0.4, -0.2) is 10.1 Å². The van der Waals surface area contributed by atoms with Crippen LogP contribution in [0.2, 0.25) is 0 Å². The number of benzene rings is 1. The number of alkyl halides is 3. The summed E-state index contributed by atoms with van der Waals surface area (Å²) in [5.41, 5.74) is 3.12. The summed E-state index contributed by atoms with van der Waals surface area (Å²) in [4.78, 5) is 5.12. The number of hydrogen-bond donors (Lipinski definition) is 1. The van der Waals surface area contributed by atoms with E-state index in [0.717, 1.165) is 72.7 Å². The number of nitriles is 1. The van der Waals surface area contributed by atoms with Crippen LogP contribution in [0.1, 0.15) is 129 Å². The van der Waals surface area contributed by atoms with Gasteiger partial charge in [-0.2, -0.15) is 18.4 Å². The molecule has 1 spiro atoms. The lowest BCUT2D eigenvalue weighted by Gasteiger charge is -2.39. The Morgan fingerprint density at radius 1 is 1.22 bits per heavy atom. The Balaban J connectivity index is 1.76. The molecular weight excluding hydrogens is 465 g/mol. The van der Waals surface area contributed by atoms with Crippen LogP contribution >= 0.6 is 0 Å². The highest BCUT2D eigenvalue weighted by Gasteiger charge is 2.53. The minimum absolute atomic E-state index is 0.0429. The predicted octanol–water partition coefficient (Wildman–Crippen LogP) is 7.38. The molecule has 5 rings (SSSR count). The summed E-state index contributed by atoms with van der Waals surface area (Å²) in [6.45, 7) is 8.47. The maximum absolute atomic E-state index is 13.5. The molecular formula is C29H33F3N2O2. The number of aromatic nitrogens is 1. The predicted molar refractivity (Wildman–Crippen MR) is 129 cm³/mol. The maximum atomic E-state index is 13.5. The number of fused-ring (bicyclic) bond motifs is 4. The number of nitrogens with zero attached hydrogens (tertiary/aromatic N) is 2. The van der Waals surface area contributed by atoms with Crippen molar-refractivity contribution in [2.24, 2.45) is 5.41 Å². The smallest absolute Gasteiger partial charge is 0.388 e. The van der Waals surface area contributed by atoms with Crippen molar-refractivity contribution >= 4 is 0 Å². The first kappa shape index (κ1) is 25.2. The lowest BCUT2D eigenvalue weighted by atomic mass is 9.68. The molecule has 1 aromatic carbocycles. The van der Waals surface area contributed by atoms with Gasteiger partial charge < -0.3 is 9.84 Å². The lowest BCUT2D eigenvalue weighted by Crippen LogP contribution is -2.33. The fourth-order valence-electron chi connectivity index (χ4n) is 6.64. The molecule has 2 aromatic rings. The standard InChI is InChI=1S/C29H33F3N2O2/c1-5-27(4)13-20-22(21(35)14-27)24-23(25(34-20)16(2)3)26(36-28(24)10-6-7-11-28)17-8-9-19(29(30,31)32)18(12-17)15-33/h8-9,12,16,21,26,35H,5-7,10-11,13-14H2,1-4H3. The van der Waals surface area contributed by atoms with Gasteiger partial charge in [0.15, 0.2) is 0 Å². The van der Waals surface area contributed by atoms with Crippen LogP contribution in [0.5, 0.6) is 0 Å². The van der Waals surface area contributed by atoms with Crippen molar-refractivity contribution in [2.45, 2.75) is 103 Å². The first-order valence-corrected chi connectivity index (χ1v) is 13.0. The largest absolute Gasteiger partial charge is 0.417 e. The summed E-state index contributed by atoms with van der Waals surface area (Å²) in [5, 5.41) is 21.0. The summed E-state index contributed by atoms with van der Waals surface area (Å²) in [6, 6.07) is 5.46. The normalized spacial score (nSPS) is 26.8. The van der Waals surface area contributed by atoms with E-state index in [0.29, 0.717) is 12.0 Å². The van der Waals surface area contributed by atoms with E-state index in [1.165, 1.54) is 12.1 Å². The van der Waals surface area contributed by atoms with Gasteiger partial charge in [0, 0.05) is 22.5 Å². The highest BCUT2D eigenvalue weighted by Crippen LogP contribution is 2.59. The molecule has 2 heterocycles. The Morgan fingerprint density at radius 2 is 1.92 bits per heavy atom. The Labute approximate surface area is 210 Å². The van der Waals surface area contributed by atoms with Gasteiger partial charge in [-0.3, -0.25) is 4.98 Å². The van der Waals surface area contributed by atoms with Crippen LogP contribution in [0.15, 0.2) is 18.2 Å². The molecule has 3 aliphatic rings. The zero-order valence-electron chi connectivity index (χ0n) is 21.3. The zero-order valence-corrected chi connectivity index (χ0v) is 21.3. The van der Waals surface area contributed by atoms with Crippen molar-refractivity contribution in [3.8, 4) is 6.07 Å². The molecule has 7 heteroatoms. The number of aliphatic hydroxyl groups is 1. The SMILES string of the molecule is CCC1(C)Cc2nc(C(C)C)c3c(c2C(O)C1)C1(CCCC1)OC3c1ccc(C(F)(F)F)c(C#N)c1. The van der Waals surface area contributed by atoms with E-state index in [1.54, 1.807) is 6.07 Å². The molecule has 192 valence electrons. The van der Waals surface area contributed by atoms with E-state index in [9.17, 15) is 23.5 Å². The van der Waals surface area contributed by atoms with Gasteiger partial charge in [0.05, 0.1) is 28.9 Å². The first-order chi connectivity index (χ1) is 16.9. The monoisotopic (exact) mass is 498 g/mol. The van der Waals surface area contributed by atoms with Crippen molar-refractivity contribution in [1.82, 2.24) is 4.98 Å². The Bertz CT molecular complexity index is 1240. The van der Waals surface area contributed by atoms with Crippen LogP contribution in [0.25, 0.3) is 0 Å². The van der Waals surface area contributed by atoms with Crippen molar-refractivity contribution < 1.29 is 23.0 Å². The van der Waals surface area contributed by atoms with Gasteiger partial charge in [-0.1, -0.05) is 53.0 Å². The molecule has 1 aliphatic heterocycles. The number of pyridine rings is 1. The zero-order chi connectivity index (χ0) is 26.0. The van der Waals surface area contributed by atoms with Crippen LogP contribution in [0, 0.1) is 16.7 Å². The van der Waals surface area contributed by atoms with E-state index in [-0.39, 0.29) is 11.3 Å². The Morgan fingerprint density at radius 3 is 2.50 bits per heavy atom. The molecule has 3 unspecified atom stereocenters. The second-order valence-corrected chi connectivity index (χ2v) is 11.5. The fourth-order valence-corrected chi connectivity index (χ4v) is 6.64. The van der Waals surface area contributed by atoms with E-state index >= 15 is 0 Å². The molecule has 0 saturated heterocycles. The molecule has 3 atom stereocenters. The quantitative estimate of drug-likeness (QED) is 0.479. The molecule has 36 heavy (non-hydrogen) atoms. The topological polar surface area (TPSA) is 66.1 Å². The van der Waals surface area contributed by atoms with Crippen molar-refractivity contribution in [1.29, 1.82) is 5.26 Å². The average Bonchev–Trinajstić information content (AvgIpc) is 3.42. The minimum Gasteiger partial charge on any atom is -0.388 e. The number of hydrogen-bond acceptors (Lipinski definition) is 4. The molecule has 1 aromatic heterocycles. The third-order valence-corrected chi connectivity index (χ3v) is 8.64. The molecule has 1 fully saturated rings. The van der Waals surface area contributed by atoms with Crippen LogP contribution in [0.4, 0.5) is 13.2 Å². The second kappa shape index (κ2) is 8.56. The average molecular weight is 499 g/mol. The maximum Gasteiger partial charge on any atom is 0.417 e. The van der Waals surface area contributed by atoms with Crippen LogP contribution < -0.4 is 0 Å². The van der Waals surface area contributed by atoms with Crippen LogP contribution in [0.3, 0.4) is 0 Å². The van der Waals surface area contributed by atoms with Gasteiger partial charge in [0.25, 0.3) is 0 Å². The van der Waals surface area contributed by atoms with Gasteiger partial charge in [-0.05, 0) is 60.3 Å². The van der Waals surface area contributed by atoms with E-state index in [4.69, 9.17) is 9.72 Å². The summed E-state index contributed by atoms with van der Waals surface area (Å²) in [6.07, 6.45) is 0.0308. The summed E-state index contributed by atoms with van der Waals surface area (Å²) in [5.74, 6) is 0.0588. The third-order valence-electron chi connectivity index (χ3n) is 8.64. The molecule has 0 bridgehead atoms. The Kier molecular flexibility index (Phi) is 6.00. The molecule has 1 N–H and O–H groups in total. The highest BCUT2D eigenvalue weighted by molar-refractivity contribution is 5.55. The molecule has 2 aliphatic carbocycles. The van der Waals surface area contributed by atoms with Gasteiger partial charge in [-0.25, -0.2) is 0 Å². The second-order valence-electron chi connectivity index (χ2n) is 11.5. The van der Waals surface area contributed by atoms with E-state index in [2.05, 4.69) is 27.7 Å². The molecule has 0 amide bonds. The third kappa shape index (κ3) is 3.85.